The zero-order valence-electron chi connectivity index (χ0n) is 23.5. The summed E-state index contributed by atoms with van der Waals surface area (Å²) < 4.78 is 7.97. The van der Waals surface area contributed by atoms with Gasteiger partial charge in [-0.2, -0.15) is 5.10 Å². The maximum atomic E-state index is 10.0. The molecule has 10 nitrogen and oxygen atoms in total. The molecule has 40 heavy (non-hydrogen) atoms. The number of benzene rings is 1. The first-order valence-electron chi connectivity index (χ1n) is 14.2. The Bertz CT molecular complexity index is 1510. The largest absolute Gasteiger partial charge is 0.496 e. The molecule has 0 bridgehead atoms. The molecule has 1 saturated carbocycles. The number of ether oxygens (including phenoxy) is 1. The van der Waals surface area contributed by atoms with Gasteiger partial charge in [0.2, 0.25) is 0 Å². The third kappa shape index (κ3) is 5.09. The molecule has 2 fully saturated rings. The van der Waals surface area contributed by atoms with E-state index >= 15 is 0 Å². The molecule has 0 amide bonds. The predicted molar refractivity (Wildman–Crippen MR) is 157 cm³/mol. The third-order valence-electron chi connectivity index (χ3n) is 8.37. The zero-order chi connectivity index (χ0) is 27.8. The first kappa shape index (κ1) is 26.5. The molecule has 3 aromatic heterocycles. The fourth-order valence-electron chi connectivity index (χ4n) is 5.98. The van der Waals surface area contributed by atoms with Gasteiger partial charge in [0.1, 0.15) is 22.6 Å². The van der Waals surface area contributed by atoms with Gasteiger partial charge in [-0.15, -0.1) is 0 Å². The van der Waals surface area contributed by atoms with Gasteiger partial charge in [-0.3, -0.25) is 4.68 Å². The lowest BCUT2D eigenvalue weighted by Crippen LogP contribution is -2.31. The average molecular weight is 543 g/mol. The van der Waals surface area contributed by atoms with Crippen molar-refractivity contribution >= 4 is 22.7 Å². The summed E-state index contributed by atoms with van der Waals surface area (Å²) in [4.78, 5) is 16.7. The van der Waals surface area contributed by atoms with Crippen LogP contribution in [0.3, 0.4) is 0 Å². The number of hydrogen-bond acceptors (Lipinski definition) is 9. The van der Waals surface area contributed by atoms with E-state index < -0.39 is 0 Å². The van der Waals surface area contributed by atoms with Gasteiger partial charge in [-0.25, -0.2) is 15.0 Å². The van der Waals surface area contributed by atoms with Gasteiger partial charge in [-0.05, 0) is 76.4 Å². The lowest BCUT2D eigenvalue weighted by molar-refractivity contribution is 0.182. The lowest BCUT2D eigenvalue weighted by Gasteiger charge is -2.28. The molecule has 210 valence electrons. The summed E-state index contributed by atoms with van der Waals surface area (Å²) in [6, 6.07) is 6.74. The van der Waals surface area contributed by atoms with Gasteiger partial charge >= 0.3 is 0 Å². The smallest absolute Gasteiger partial charge is 0.151 e. The molecule has 0 radical (unpaired) electrons. The number of nitrogens with two attached hydrogens (primary N) is 1. The van der Waals surface area contributed by atoms with Crippen molar-refractivity contribution in [3.8, 4) is 28.0 Å². The van der Waals surface area contributed by atoms with Crippen molar-refractivity contribution in [3.05, 3.63) is 42.5 Å². The molecule has 1 aliphatic carbocycles. The lowest BCUT2D eigenvalue weighted by atomic mass is 10.0. The summed E-state index contributed by atoms with van der Waals surface area (Å²) in [5.74, 6) is 1.85. The minimum absolute atomic E-state index is 0.171. The number of aliphatic hydroxyl groups excluding tert-OH is 1. The Morgan fingerprint density at radius 1 is 1.05 bits per heavy atom. The number of rotatable bonds is 7. The SMILES string of the molecule is CCc1nc2c(N)ncc(-c3ccc(-c4cnn(C5CCN(C)CC5)c4)c(OC)c3)c2nc1N[C@@H]1CC[C@H](O)C1. The first-order chi connectivity index (χ1) is 19.4. The van der Waals surface area contributed by atoms with E-state index in [-0.39, 0.29) is 12.1 Å². The molecule has 4 aromatic rings. The molecule has 1 aliphatic heterocycles. The van der Waals surface area contributed by atoms with Crippen LogP contribution in [0.1, 0.15) is 50.8 Å². The molecule has 4 N–H and O–H groups in total. The van der Waals surface area contributed by atoms with Gasteiger partial charge in [0, 0.05) is 35.1 Å². The number of nitrogen functional groups attached to an aromatic ring is 1. The molecule has 0 spiro atoms. The molecular formula is C30H38N8O2. The van der Waals surface area contributed by atoms with E-state index in [2.05, 4.69) is 52.2 Å². The van der Waals surface area contributed by atoms with Crippen molar-refractivity contribution in [3.63, 3.8) is 0 Å². The minimum atomic E-state index is -0.270. The van der Waals surface area contributed by atoms with E-state index in [4.69, 9.17) is 25.5 Å². The van der Waals surface area contributed by atoms with Gasteiger partial charge in [0.15, 0.2) is 5.82 Å². The van der Waals surface area contributed by atoms with E-state index in [0.29, 0.717) is 35.7 Å². The number of aromatic nitrogens is 5. The summed E-state index contributed by atoms with van der Waals surface area (Å²) in [5, 5.41) is 18.2. The number of fused-ring (bicyclic) bond motifs is 1. The predicted octanol–water partition coefficient (Wildman–Crippen LogP) is 4.30. The highest BCUT2D eigenvalue weighted by Crippen LogP contribution is 2.38. The summed E-state index contributed by atoms with van der Waals surface area (Å²) >= 11 is 0. The van der Waals surface area contributed by atoms with E-state index in [1.54, 1.807) is 13.3 Å². The molecule has 2 aliphatic rings. The molecule has 2 atom stereocenters. The van der Waals surface area contributed by atoms with Crippen LogP contribution in [0.2, 0.25) is 0 Å². The van der Waals surface area contributed by atoms with Crippen molar-refractivity contribution in [2.24, 2.45) is 0 Å². The molecule has 10 heteroatoms. The maximum Gasteiger partial charge on any atom is 0.151 e. The van der Waals surface area contributed by atoms with Crippen molar-refractivity contribution in [1.82, 2.24) is 29.6 Å². The highest BCUT2D eigenvalue weighted by Gasteiger charge is 2.25. The first-order valence-corrected chi connectivity index (χ1v) is 14.2. The molecule has 0 unspecified atom stereocenters. The summed E-state index contributed by atoms with van der Waals surface area (Å²) in [6.07, 6.45) is 10.9. The number of nitrogens with zero attached hydrogens (tertiary/aromatic N) is 6. The van der Waals surface area contributed by atoms with Gasteiger partial charge in [0.25, 0.3) is 0 Å². The Balaban J connectivity index is 1.36. The van der Waals surface area contributed by atoms with Gasteiger partial charge in [0.05, 0.1) is 31.1 Å². The summed E-state index contributed by atoms with van der Waals surface area (Å²) in [7, 11) is 3.86. The second kappa shape index (κ2) is 11.0. The van der Waals surface area contributed by atoms with Crippen molar-refractivity contribution < 1.29 is 9.84 Å². The number of methoxy groups -OCH3 is 1. The van der Waals surface area contributed by atoms with Crippen LogP contribution in [-0.4, -0.2) is 74.1 Å². The Hall–Kier alpha value is -3.76. The van der Waals surface area contributed by atoms with Crippen LogP contribution < -0.4 is 15.8 Å². The number of likely N-dealkylation sites (tertiary alicyclic amines) is 1. The van der Waals surface area contributed by atoms with E-state index in [0.717, 1.165) is 78.3 Å². The van der Waals surface area contributed by atoms with Crippen molar-refractivity contribution in [2.45, 2.75) is 63.6 Å². The molecule has 1 saturated heterocycles. The van der Waals surface area contributed by atoms with E-state index in [9.17, 15) is 5.11 Å². The van der Waals surface area contributed by atoms with Gasteiger partial charge in [-0.1, -0.05) is 13.0 Å². The van der Waals surface area contributed by atoms with Crippen LogP contribution in [0.15, 0.2) is 36.8 Å². The summed E-state index contributed by atoms with van der Waals surface area (Å²) in [5.41, 5.74) is 12.2. The number of aryl methyl sites for hydroxylation is 1. The Kier molecular flexibility index (Phi) is 7.29. The fourth-order valence-corrected chi connectivity index (χ4v) is 5.98. The second-order valence-corrected chi connectivity index (χ2v) is 11.1. The number of nitrogens with one attached hydrogen (secondary N) is 1. The number of piperidine rings is 1. The van der Waals surface area contributed by atoms with Crippen molar-refractivity contribution in [1.29, 1.82) is 0 Å². The van der Waals surface area contributed by atoms with Crippen LogP contribution in [-0.2, 0) is 6.42 Å². The fraction of sp³-hybridized carbons (Fsp3) is 0.467. The molecule has 6 rings (SSSR count). The van der Waals surface area contributed by atoms with Crippen LogP contribution in [0.4, 0.5) is 11.6 Å². The number of hydrogen-bond donors (Lipinski definition) is 3. The Labute approximate surface area is 234 Å². The number of pyridine rings is 1. The standard InChI is InChI=1S/C30H38N8O2/c1-4-25-30(34-20-6-7-22(39)14-20)36-27-24(16-32-29(31)28(27)35-25)18-5-8-23(26(13-18)40-3)19-15-33-38(17-19)21-9-11-37(2)12-10-21/h5,8,13,15-17,20-22,39H,4,6-7,9-12,14H2,1-3H3,(H2,31,32)(H,34,36)/t20-,22+/m1/s1. The molecular weight excluding hydrogens is 504 g/mol. The maximum absolute atomic E-state index is 10.0. The minimum Gasteiger partial charge on any atom is -0.496 e. The number of anilines is 2. The quantitative estimate of drug-likeness (QED) is 0.313. The number of aliphatic hydroxyl groups is 1. The normalized spacial score (nSPS) is 20.3. The Morgan fingerprint density at radius 2 is 1.88 bits per heavy atom. The van der Waals surface area contributed by atoms with Crippen LogP contribution >= 0.6 is 0 Å². The summed E-state index contributed by atoms with van der Waals surface area (Å²) in [6.45, 7) is 4.23. The zero-order valence-corrected chi connectivity index (χ0v) is 23.5. The molecule has 4 heterocycles. The van der Waals surface area contributed by atoms with E-state index in [1.807, 2.05) is 12.3 Å². The van der Waals surface area contributed by atoms with Crippen molar-refractivity contribution in [2.75, 3.05) is 38.3 Å². The highest BCUT2D eigenvalue weighted by atomic mass is 16.5. The molecule has 1 aromatic carbocycles. The third-order valence-corrected chi connectivity index (χ3v) is 8.37. The van der Waals surface area contributed by atoms with E-state index in [1.165, 1.54) is 0 Å². The topological polar surface area (TPSA) is 127 Å². The Morgan fingerprint density at radius 3 is 2.60 bits per heavy atom. The second-order valence-electron chi connectivity index (χ2n) is 11.1. The average Bonchev–Trinajstić information content (AvgIpc) is 3.62. The van der Waals surface area contributed by atoms with Gasteiger partial charge < -0.3 is 25.8 Å². The van der Waals surface area contributed by atoms with Crippen LogP contribution in [0.25, 0.3) is 33.3 Å². The van der Waals surface area contributed by atoms with Crippen LogP contribution in [0.5, 0.6) is 5.75 Å². The highest BCUT2D eigenvalue weighted by molar-refractivity contribution is 5.97. The van der Waals surface area contributed by atoms with Crippen LogP contribution in [0, 0.1) is 0 Å². The monoisotopic (exact) mass is 542 g/mol.